The van der Waals surface area contributed by atoms with Crippen LogP contribution in [0.3, 0.4) is 0 Å². The van der Waals surface area contributed by atoms with E-state index in [-0.39, 0.29) is 39.9 Å². The zero-order valence-electron chi connectivity index (χ0n) is 20.8. The second kappa shape index (κ2) is 10.8. The van der Waals surface area contributed by atoms with E-state index in [4.69, 9.17) is 0 Å². The average Bonchev–Trinajstić information content (AvgIpc) is 2.88. The highest BCUT2D eigenvalue weighted by molar-refractivity contribution is 7.91. The van der Waals surface area contributed by atoms with Crippen molar-refractivity contribution in [2.24, 2.45) is 0 Å². The summed E-state index contributed by atoms with van der Waals surface area (Å²) < 4.78 is 94.6. The highest BCUT2D eigenvalue weighted by Gasteiger charge is 2.51. The van der Waals surface area contributed by atoms with Crippen LogP contribution in [0.4, 0.5) is 18.9 Å². The molecule has 3 aromatic carbocycles. The van der Waals surface area contributed by atoms with Crippen molar-refractivity contribution >= 4 is 38.2 Å². The molecule has 7 nitrogen and oxygen atoms in total. The number of rotatable bonds is 7. The fourth-order valence-electron chi connectivity index (χ4n) is 4.46. The van der Waals surface area contributed by atoms with Crippen LogP contribution in [0.1, 0.15) is 12.5 Å². The van der Waals surface area contributed by atoms with Crippen LogP contribution >= 0.6 is 12.6 Å². The van der Waals surface area contributed by atoms with Gasteiger partial charge >= 0.3 is 6.18 Å². The molecule has 0 radical (unpaired) electrons. The van der Waals surface area contributed by atoms with Crippen LogP contribution in [-0.2, 0) is 25.5 Å². The van der Waals surface area contributed by atoms with Crippen molar-refractivity contribution in [1.82, 2.24) is 4.31 Å². The zero-order chi connectivity index (χ0) is 28.6. The first-order valence-electron chi connectivity index (χ1n) is 11.9. The number of hydrogen-bond acceptors (Lipinski definition) is 7. The SMILES string of the molecule is CC(O)(c1ccc(N2CCN(S(=O)(=O)c3ccccc3S)C[C@@H]2CS(=O)(=O)c2ccccc2)cc1)C(F)(F)F. The third kappa shape index (κ3) is 5.97. The minimum Gasteiger partial charge on any atom is -0.376 e. The summed E-state index contributed by atoms with van der Waals surface area (Å²) in [7, 11) is -7.88. The number of hydrogen-bond donors (Lipinski definition) is 2. The number of thiol groups is 1. The van der Waals surface area contributed by atoms with Gasteiger partial charge in [0.2, 0.25) is 10.0 Å². The maximum absolute atomic E-state index is 13.5. The van der Waals surface area contributed by atoms with Crippen molar-refractivity contribution in [2.75, 3.05) is 30.3 Å². The number of sulfonamides is 1. The first kappa shape index (κ1) is 29.4. The van der Waals surface area contributed by atoms with Gasteiger partial charge in [0.1, 0.15) is 0 Å². The molecule has 0 amide bonds. The topological polar surface area (TPSA) is 95.0 Å². The number of alkyl halides is 3. The van der Waals surface area contributed by atoms with E-state index >= 15 is 0 Å². The van der Waals surface area contributed by atoms with Gasteiger partial charge in [-0.25, -0.2) is 16.8 Å². The standard InChI is InChI=1S/C26H27F3N2O5S3/c1-25(32,26(27,28)29)19-11-13-20(14-12-19)31-16-15-30(39(35,36)24-10-6-5-9-23(24)37)17-21(31)18-38(33,34)22-7-3-2-4-8-22/h2-14,21,32,37H,15-18H2,1H3/t21-,25?/m1/s1. The molecule has 1 unspecified atom stereocenters. The van der Waals surface area contributed by atoms with Gasteiger partial charge in [0, 0.05) is 30.2 Å². The van der Waals surface area contributed by atoms with Crippen molar-refractivity contribution in [3.05, 3.63) is 84.4 Å². The van der Waals surface area contributed by atoms with Gasteiger partial charge in [-0.05, 0) is 48.9 Å². The molecule has 1 aliphatic heterocycles. The fourth-order valence-corrected chi connectivity index (χ4v) is 8.07. The molecular weight excluding hydrogens is 573 g/mol. The second-order valence-electron chi connectivity index (χ2n) is 9.39. The predicted molar refractivity (Wildman–Crippen MR) is 144 cm³/mol. The van der Waals surface area contributed by atoms with Gasteiger partial charge in [0.25, 0.3) is 0 Å². The van der Waals surface area contributed by atoms with Crippen molar-refractivity contribution in [1.29, 1.82) is 0 Å². The van der Waals surface area contributed by atoms with Gasteiger partial charge in [-0.1, -0.05) is 42.5 Å². The van der Waals surface area contributed by atoms with E-state index < -0.39 is 43.4 Å². The number of nitrogens with zero attached hydrogens (tertiary/aromatic N) is 2. The average molecular weight is 601 g/mol. The van der Waals surface area contributed by atoms with Gasteiger partial charge in [-0.3, -0.25) is 0 Å². The number of aliphatic hydroxyl groups is 1. The fraction of sp³-hybridized carbons (Fsp3) is 0.308. The lowest BCUT2D eigenvalue weighted by atomic mass is 9.95. The molecule has 3 aromatic rings. The molecule has 1 aliphatic rings. The van der Waals surface area contributed by atoms with Crippen molar-refractivity contribution in [2.45, 2.75) is 39.4 Å². The van der Waals surface area contributed by atoms with Gasteiger partial charge in [-0.2, -0.15) is 17.5 Å². The minimum absolute atomic E-state index is 0.00828. The lowest BCUT2D eigenvalue weighted by Crippen LogP contribution is -2.57. The quantitative estimate of drug-likeness (QED) is 0.397. The molecule has 1 saturated heterocycles. The molecule has 2 atom stereocenters. The van der Waals surface area contributed by atoms with Crippen molar-refractivity contribution in [3.8, 4) is 0 Å². The molecule has 1 heterocycles. The summed E-state index contributed by atoms with van der Waals surface area (Å²) in [5.41, 5.74) is -3.05. The van der Waals surface area contributed by atoms with Gasteiger partial charge in [0.15, 0.2) is 15.4 Å². The Hall–Kier alpha value is -2.58. The van der Waals surface area contributed by atoms with Crippen LogP contribution in [0.15, 0.2) is 93.5 Å². The summed E-state index contributed by atoms with van der Waals surface area (Å²) in [6.07, 6.45) is -4.90. The Morgan fingerprint density at radius 1 is 0.897 bits per heavy atom. The maximum atomic E-state index is 13.5. The molecule has 0 aliphatic carbocycles. The lowest BCUT2D eigenvalue weighted by Gasteiger charge is -2.42. The van der Waals surface area contributed by atoms with Crippen LogP contribution in [-0.4, -0.2) is 63.9 Å². The van der Waals surface area contributed by atoms with E-state index in [0.717, 1.165) is 12.1 Å². The lowest BCUT2D eigenvalue weighted by molar-refractivity contribution is -0.258. The number of halogens is 3. The van der Waals surface area contributed by atoms with E-state index in [1.807, 2.05) is 0 Å². The highest BCUT2D eigenvalue weighted by Crippen LogP contribution is 2.39. The Morgan fingerprint density at radius 2 is 1.49 bits per heavy atom. The van der Waals surface area contributed by atoms with Crippen molar-refractivity contribution < 1.29 is 35.1 Å². The first-order chi connectivity index (χ1) is 18.1. The van der Waals surface area contributed by atoms with E-state index in [0.29, 0.717) is 12.6 Å². The summed E-state index contributed by atoms with van der Waals surface area (Å²) in [4.78, 5) is 1.98. The van der Waals surface area contributed by atoms with Crippen LogP contribution in [0.25, 0.3) is 0 Å². The molecule has 0 aromatic heterocycles. The predicted octanol–water partition coefficient (Wildman–Crippen LogP) is 4.10. The number of anilines is 1. The Labute approximate surface area is 231 Å². The monoisotopic (exact) mass is 600 g/mol. The minimum atomic E-state index is -4.90. The molecule has 13 heteroatoms. The van der Waals surface area contributed by atoms with Gasteiger partial charge < -0.3 is 10.0 Å². The zero-order valence-corrected chi connectivity index (χ0v) is 23.3. The number of sulfone groups is 1. The third-order valence-electron chi connectivity index (χ3n) is 6.76. The molecule has 210 valence electrons. The summed E-state index contributed by atoms with van der Waals surface area (Å²) in [5, 5.41) is 10.0. The Morgan fingerprint density at radius 3 is 2.08 bits per heavy atom. The van der Waals surface area contributed by atoms with Gasteiger partial charge in [-0.15, -0.1) is 12.6 Å². The molecule has 39 heavy (non-hydrogen) atoms. The first-order valence-corrected chi connectivity index (χ1v) is 15.4. The van der Waals surface area contributed by atoms with Crippen LogP contribution in [0.5, 0.6) is 0 Å². The van der Waals surface area contributed by atoms with E-state index in [1.165, 1.54) is 34.6 Å². The molecule has 0 saturated carbocycles. The summed E-state index contributed by atoms with van der Waals surface area (Å²) in [5.74, 6) is -0.437. The molecular formula is C26H27F3N2O5S3. The summed E-state index contributed by atoms with van der Waals surface area (Å²) in [6, 6.07) is 18.0. The highest BCUT2D eigenvalue weighted by atomic mass is 32.2. The van der Waals surface area contributed by atoms with Crippen LogP contribution in [0, 0.1) is 0 Å². The summed E-state index contributed by atoms with van der Waals surface area (Å²) in [6.45, 7) is 0.561. The molecule has 0 bridgehead atoms. The molecule has 1 fully saturated rings. The second-order valence-corrected chi connectivity index (χ2v) is 13.8. The molecule has 0 spiro atoms. The Bertz CT molecular complexity index is 1530. The number of benzene rings is 3. The normalized spacial score (nSPS) is 19.0. The van der Waals surface area contributed by atoms with E-state index in [9.17, 15) is 35.1 Å². The molecule has 4 rings (SSSR count). The largest absolute Gasteiger partial charge is 0.421 e. The maximum Gasteiger partial charge on any atom is 0.421 e. The van der Waals surface area contributed by atoms with E-state index in [2.05, 4.69) is 12.6 Å². The van der Waals surface area contributed by atoms with Gasteiger partial charge in [0.05, 0.1) is 21.6 Å². The smallest absolute Gasteiger partial charge is 0.376 e. The van der Waals surface area contributed by atoms with E-state index in [1.54, 1.807) is 41.3 Å². The van der Waals surface area contributed by atoms with Crippen LogP contribution in [0.2, 0.25) is 0 Å². The Balaban J connectivity index is 1.69. The molecule has 1 N–H and O–H groups in total. The number of piperazine rings is 1. The third-order valence-corrected chi connectivity index (χ3v) is 11.0. The van der Waals surface area contributed by atoms with Crippen molar-refractivity contribution in [3.63, 3.8) is 0 Å². The Kier molecular flexibility index (Phi) is 8.12. The summed E-state index contributed by atoms with van der Waals surface area (Å²) >= 11 is 4.27. The van der Waals surface area contributed by atoms with Crippen LogP contribution < -0.4 is 4.90 Å².